The van der Waals surface area contributed by atoms with E-state index in [4.69, 9.17) is 27.9 Å². The molecule has 9 nitrogen and oxygen atoms in total. The van der Waals surface area contributed by atoms with E-state index in [-0.39, 0.29) is 35.0 Å². The Balaban J connectivity index is 1.70. The van der Waals surface area contributed by atoms with Gasteiger partial charge >= 0.3 is 0 Å². The van der Waals surface area contributed by atoms with Gasteiger partial charge in [-0.2, -0.15) is 4.98 Å². The van der Waals surface area contributed by atoms with E-state index in [1.54, 1.807) is 4.57 Å². The first-order valence-corrected chi connectivity index (χ1v) is 9.67. The lowest BCUT2D eigenvalue weighted by Gasteiger charge is -2.20. The molecule has 1 saturated carbocycles. The zero-order valence-corrected chi connectivity index (χ0v) is 17.3. The minimum atomic E-state index is -1.14. The molecule has 1 amide bonds. The number of rotatable bonds is 5. The van der Waals surface area contributed by atoms with Crippen LogP contribution >= 0.6 is 23.2 Å². The molecule has 0 spiro atoms. The fourth-order valence-corrected chi connectivity index (χ4v) is 3.68. The molecular weight excluding hydrogens is 409 g/mol. The molecule has 0 radical (unpaired) electrons. The first-order chi connectivity index (χ1) is 13.1. The second-order valence-electron chi connectivity index (χ2n) is 7.78. The van der Waals surface area contributed by atoms with Gasteiger partial charge in [-0.3, -0.25) is 4.79 Å². The average Bonchev–Trinajstić information content (AvgIpc) is 3.10. The molecule has 2 aromatic heterocycles. The van der Waals surface area contributed by atoms with Crippen molar-refractivity contribution in [2.75, 3.05) is 6.61 Å². The Bertz CT molecular complexity index is 869. The summed E-state index contributed by atoms with van der Waals surface area (Å²) in [6.45, 7) is 5.99. The number of imidazole rings is 1. The lowest BCUT2D eigenvalue weighted by molar-refractivity contribution is -0.124. The predicted octanol–water partition coefficient (Wildman–Crippen LogP) is 1.49. The predicted molar refractivity (Wildman–Crippen MR) is 103 cm³/mol. The summed E-state index contributed by atoms with van der Waals surface area (Å²) < 4.78 is 7.13. The number of aliphatic hydroxyl groups excluding tert-OH is 2. The largest absolute Gasteiger partial charge is 0.388 e. The number of nitrogens with one attached hydrogen (secondary N) is 1. The molecule has 154 valence electrons. The SMILES string of the molecule is CC(C)(C)OCCC(=O)NC1CC(n2cnc3c(Cl)nc(Cl)nc32)C(O)C1O. The van der Waals surface area contributed by atoms with Gasteiger partial charge in [-0.05, 0) is 38.8 Å². The van der Waals surface area contributed by atoms with Crippen molar-refractivity contribution in [3.05, 3.63) is 16.8 Å². The van der Waals surface area contributed by atoms with Crippen LogP contribution < -0.4 is 5.32 Å². The summed E-state index contributed by atoms with van der Waals surface area (Å²) >= 11 is 11.9. The second kappa shape index (κ2) is 8.08. The van der Waals surface area contributed by atoms with Crippen molar-refractivity contribution in [2.45, 2.75) is 63.5 Å². The van der Waals surface area contributed by atoms with E-state index < -0.39 is 24.3 Å². The summed E-state index contributed by atoms with van der Waals surface area (Å²) in [5.74, 6) is -0.259. The first-order valence-electron chi connectivity index (χ1n) is 8.92. The van der Waals surface area contributed by atoms with Crippen LogP contribution in [-0.2, 0) is 9.53 Å². The van der Waals surface area contributed by atoms with Gasteiger partial charge < -0.3 is 24.8 Å². The van der Waals surface area contributed by atoms with Crippen LogP contribution in [0.25, 0.3) is 11.2 Å². The van der Waals surface area contributed by atoms with Crippen molar-refractivity contribution in [3.8, 4) is 0 Å². The van der Waals surface area contributed by atoms with Crippen LogP contribution in [0.2, 0.25) is 10.4 Å². The maximum absolute atomic E-state index is 12.2. The molecule has 28 heavy (non-hydrogen) atoms. The van der Waals surface area contributed by atoms with E-state index >= 15 is 0 Å². The molecule has 0 aliphatic heterocycles. The highest BCUT2D eigenvalue weighted by molar-refractivity contribution is 6.35. The third-order valence-corrected chi connectivity index (χ3v) is 5.00. The van der Waals surface area contributed by atoms with Crippen molar-refractivity contribution >= 4 is 40.3 Å². The van der Waals surface area contributed by atoms with E-state index in [0.29, 0.717) is 17.6 Å². The smallest absolute Gasteiger partial charge is 0.225 e. The Morgan fingerprint density at radius 3 is 2.71 bits per heavy atom. The number of aliphatic hydroxyl groups is 2. The van der Waals surface area contributed by atoms with Crippen LogP contribution in [0.1, 0.15) is 39.7 Å². The van der Waals surface area contributed by atoms with E-state index in [2.05, 4.69) is 20.3 Å². The van der Waals surface area contributed by atoms with Crippen LogP contribution in [0.4, 0.5) is 0 Å². The summed E-state index contributed by atoms with van der Waals surface area (Å²) in [5.41, 5.74) is 0.368. The van der Waals surface area contributed by atoms with Gasteiger partial charge in [-0.25, -0.2) is 9.97 Å². The Morgan fingerprint density at radius 1 is 1.32 bits per heavy atom. The van der Waals surface area contributed by atoms with Crippen LogP contribution in [0.3, 0.4) is 0 Å². The molecule has 0 bridgehead atoms. The Hall–Kier alpha value is -1.52. The number of carbonyl (C=O) groups excluding carboxylic acids is 1. The van der Waals surface area contributed by atoms with Crippen LogP contribution in [0.5, 0.6) is 0 Å². The zero-order chi connectivity index (χ0) is 20.6. The number of aromatic nitrogens is 4. The van der Waals surface area contributed by atoms with Crippen molar-refractivity contribution in [1.82, 2.24) is 24.8 Å². The maximum Gasteiger partial charge on any atom is 0.225 e. The number of ether oxygens (including phenoxy) is 1. The normalized spacial score (nSPS) is 25.4. The molecule has 3 N–H and O–H groups in total. The number of hydrogen-bond acceptors (Lipinski definition) is 7. The summed E-state index contributed by atoms with van der Waals surface area (Å²) in [6.07, 6.45) is -0.348. The fraction of sp³-hybridized carbons (Fsp3) is 0.647. The van der Waals surface area contributed by atoms with Gasteiger partial charge in [-0.15, -0.1) is 0 Å². The molecule has 1 fully saturated rings. The molecular formula is C17H23Cl2N5O4. The highest BCUT2D eigenvalue weighted by Crippen LogP contribution is 2.34. The molecule has 3 rings (SSSR count). The van der Waals surface area contributed by atoms with Gasteiger partial charge in [0.1, 0.15) is 17.7 Å². The fourth-order valence-electron chi connectivity index (χ4n) is 3.26. The van der Waals surface area contributed by atoms with Crippen LogP contribution in [0.15, 0.2) is 6.33 Å². The highest BCUT2D eigenvalue weighted by Gasteiger charge is 2.43. The molecule has 0 saturated heterocycles. The topological polar surface area (TPSA) is 122 Å². The van der Waals surface area contributed by atoms with Crippen molar-refractivity contribution in [2.24, 2.45) is 0 Å². The monoisotopic (exact) mass is 431 g/mol. The molecule has 2 aromatic rings. The van der Waals surface area contributed by atoms with E-state index in [1.165, 1.54) is 6.33 Å². The summed E-state index contributed by atoms with van der Waals surface area (Å²) in [7, 11) is 0. The molecule has 4 unspecified atom stereocenters. The van der Waals surface area contributed by atoms with Crippen LogP contribution in [-0.4, -0.2) is 66.1 Å². The first kappa shape index (κ1) is 21.2. The summed E-state index contributed by atoms with van der Waals surface area (Å²) in [5, 5.41) is 23.7. The Kier molecular flexibility index (Phi) is 6.11. The van der Waals surface area contributed by atoms with Gasteiger partial charge in [0.2, 0.25) is 11.2 Å². The van der Waals surface area contributed by atoms with Crippen molar-refractivity contribution in [1.29, 1.82) is 0 Å². The molecule has 1 aliphatic carbocycles. The van der Waals surface area contributed by atoms with Gasteiger partial charge in [0.25, 0.3) is 0 Å². The number of hydrogen-bond donors (Lipinski definition) is 3. The second-order valence-corrected chi connectivity index (χ2v) is 8.47. The summed E-state index contributed by atoms with van der Waals surface area (Å²) in [4.78, 5) is 24.3. The van der Waals surface area contributed by atoms with Gasteiger partial charge in [0, 0.05) is 6.42 Å². The highest BCUT2D eigenvalue weighted by atomic mass is 35.5. The molecule has 0 aromatic carbocycles. The van der Waals surface area contributed by atoms with Gasteiger partial charge in [-0.1, -0.05) is 11.6 Å². The van der Waals surface area contributed by atoms with Gasteiger partial charge in [0.05, 0.1) is 30.6 Å². The number of amides is 1. The maximum atomic E-state index is 12.2. The number of carbonyl (C=O) groups is 1. The lowest BCUT2D eigenvalue weighted by atomic mass is 10.2. The third kappa shape index (κ3) is 4.55. The van der Waals surface area contributed by atoms with E-state index in [0.717, 1.165) is 0 Å². The summed E-state index contributed by atoms with van der Waals surface area (Å²) in [6, 6.07) is -1.18. The quantitative estimate of drug-likeness (QED) is 0.483. The minimum absolute atomic E-state index is 0.0454. The zero-order valence-electron chi connectivity index (χ0n) is 15.8. The third-order valence-electron chi connectivity index (χ3n) is 4.57. The Labute approximate surface area is 172 Å². The minimum Gasteiger partial charge on any atom is -0.388 e. The lowest BCUT2D eigenvalue weighted by Crippen LogP contribution is -2.43. The molecule has 1 aliphatic rings. The molecule has 4 atom stereocenters. The number of nitrogens with zero attached hydrogens (tertiary/aromatic N) is 4. The Morgan fingerprint density at radius 2 is 2.04 bits per heavy atom. The molecule has 2 heterocycles. The van der Waals surface area contributed by atoms with Crippen LogP contribution in [0, 0.1) is 0 Å². The van der Waals surface area contributed by atoms with E-state index in [9.17, 15) is 15.0 Å². The van der Waals surface area contributed by atoms with Gasteiger partial charge in [0.15, 0.2) is 10.8 Å². The average molecular weight is 432 g/mol. The number of halogens is 2. The van der Waals surface area contributed by atoms with Crippen molar-refractivity contribution < 1.29 is 19.7 Å². The van der Waals surface area contributed by atoms with E-state index in [1.807, 2.05) is 20.8 Å². The standard InChI is InChI=1S/C17H23Cl2N5O4/c1-17(2,3)28-5-4-10(25)21-8-6-9(13(27)12(8)26)24-7-20-11-14(18)22-16(19)23-15(11)24/h7-9,12-13,26-27H,4-6H2,1-3H3,(H,21,25). The molecule has 11 heteroatoms. The number of fused-ring (bicyclic) bond motifs is 1. The van der Waals surface area contributed by atoms with Crippen molar-refractivity contribution in [3.63, 3.8) is 0 Å².